The Kier molecular flexibility index (Phi) is 4.77. The van der Waals surface area contributed by atoms with Gasteiger partial charge in [0.05, 0.1) is 15.8 Å². The minimum absolute atomic E-state index is 0.0289. The predicted molar refractivity (Wildman–Crippen MR) is 103 cm³/mol. The topological polar surface area (TPSA) is 79.5 Å². The zero-order chi connectivity index (χ0) is 18.4. The summed E-state index contributed by atoms with van der Waals surface area (Å²) in [4.78, 5) is 19.3. The van der Waals surface area contributed by atoms with Crippen LogP contribution in [0.25, 0.3) is 10.2 Å². The number of anilines is 1. The zero-order valence-corrected chi connectivity index (χ0v) is 16.2. The minimum atomic E-state index is -0.701. The first-order valence-electron chi connectivity index (χ1n) is 8.85. The molecule has 25 heavy (non-hydrogen) atoms. The van der Waals surface area contributed by atoms with Gasteiger partial charge in [0.1, 0.15) is 0 Å². The number of aryl methyl sites for hydroxylation is 1. The number of carbonyl (C=O) groups is 1. The number of hydrogen-bond donors (Lipinski definition) is 2. The van der Waals surface area contributed by atoms with Crippen LogP contribution in [-0.4, -0.2) is 39.6 Å². The highest BCUT2D eigenvalue weighted by Gasteiger charge is 2.39. The van der Waals surface area contributed by atoms with Crippen molar-refractivity contribution < 1.29 is 9.90 Å². The molecule has 1 fully saturated rings. The number of rotatable bonds is 3. The van der Waals surface area contributed by atoms with Crippen molar-refractivity contribution in [2.24, 2.45) is 11.8 Å². The molecule has 1 aromatic carbocycles. The van der Waals surface area contributed by atoms with E-state index in [9.17, 15) is 9.90 Å². The Morgan fingerprint density at radius 1 is 1.52 bits per heavy atom. The van der Waals surface area contributed by atoms with Crippen LogP contribution in [0.15, 0.2) is 12.1 Å². The number of aromatic nitrogens is 1. The molecule has 0 spiro atoms. The summed E-state index contributed by atoms with van der Waals surface area (Å²) in [5, 5.41) is 11.2. The van der Waals surface area contributed by atoms with Crippen LogP contribution in [-0.2, 0) is 0 Å². The van der Waals surface area contributed by atoms with Gasteiger partial charge in [0, 0.05) is 24.6 Å². The molecule has 6 heteroatoms. The number of piperidine rings is 1. The van der Waals surface area contributed by atoms with Crippen molar-refractivity contribution in [2.75, 3.05) is 18.8 Å². The largest absolute Gasteiger partial charge is 0.390 e. The number of aliphatic hydroxyl groups is 1. The highest BCUT2D eigenvalue weighted by Crippen LogP contribution is 2.34. The number of nitrogen functional groups attached to an aromatic ring is 1. The number of nitrogens with two attached hydrogens (primary N) is 1. The molecule has 1 aromatic heterocycles. The molecule has 136 valence electrons. The van der Waals surface area contributed by atoms with Crippen molar-refractivity contribution in [1.82, 2.24) is 9.88 Å². The van der Waals surface area contributed by atoms with Crippen LogP contribution < -0.4 is 5.73 Å². The van der Waals surface area contributed by atoms with Crippen molar-refractivity contribution in [3.05, 3.63) is 23.3 Å². The standard InChI is InChI=1S/C19H27N3O2S/c1-11(2)7-14-10-22(6-5-19(14,4)24)17(23)13-8-12(3)16-15(9-13)25-18(20)21-16/h8-9,11,14,24H,5-7,10H2,1-4H3,(H2,20,21)/t14-,19+/m0/s1. The molecule has 5 nitrogen and oxygen atoms in total. The second kappa shape index (κ2) is 6.57. The highest BCUT2D eigenvalue weighted by atomic mass is 32.1. The van der Waals surface area contributed by atoms with Crippen LogP contribution in [0.4, 0.5) is 5.13 Å². The van der Waals surface area contributed by atoms with E-state index in [4.69, 9.17) is 5.73 Å². The fourth-order valence-electron chi connectivity index (χ4n) is 3.72. The molecule has 1 amide bonds. The summed E-state index contributed by atoms with van der Waals surface area (Å²) in [6.07, 6.45) is 1.53. The van der Waals surface area contributed by atoms with Crippen molar-refractivity contribution in [2.45, 2.75) is 46.1 Å². The highest BCUT2D eigenvalue weighted by molar-refractivity contribution is 7.22. The molecule has 3 N–H and O–H groups in total. The van der Waals surface area contributed by atoms with Gasteiger partial charge >= 0.3 is 0 Å². The third-order valence-corrected chi connectivity index (χ3v) is 6.03. The second-order valence-electron chi connectivity index (χ2n) is 7.88. The first kappa shape index (κ1) is 18.1. The fraction of sp³-hybridized carbons (Fsp3) is 0.579. The number of fused-ring (bicyclic) bond motifs is 1. The van der Waals surface area contributed by atoms with E-state index >= 15 is 0 Å². The number of benzene rings is 1. The lowest BCUT2D eigenvalue weighted by Crippen LogP contribution is -2.52. The monoisotopic (exact) mass is 361 g/mol. The lowest BCUT2D eigenvalue weighted by molar-refractivity contribution is -0.0577. The van der Waals surface area contributed by atoms with Gasteiger partial charge in [0.15, 0.2) is 5.13 Å². The van der Waals surface area contributed by atoms with E-state index in [2.05, 4.69) is 18.8 Å². The van der Waals surface area contributed by atoms with Crippen LogP contribution in [0.3, 0.4) is 0 Å². The van der Waals surface area contributed by atoms with Gasteiger partial charge < -0.3 is 15.7 Å². The van der Waals surface area contributed by atoms with E-state index in [1.165, 1.54) is 11.3 Å². The quantitative estimate of drug-likeness (QED) is 0.877. The Balaban J connectivity index is 1.85. The van der Waals surface area contributed by atoms with E-state index in [-0.39, 0.29) is 11.8 Å². The second-order valence-corrected chi connectivity index (χ2v) is 8.94. The summed E-state index contributed by atoms with van der Waals surface area (Å²) in [6, 6.07) is 3.79. The van der Waals surface area contributed by atoms with Crippen molar-refractivity contribution in [1.29, 1.82) is 0 Å². The maximum atomic E-state index is 13.0. The number of thiazole rings is 1. The maximum absolute atomic E-state index is 13.0. The molecule has 1 aliphatic rings. The molecule has 1 saturated heterocycles. The van der Waals surface area contributed by atoms with Crippen LogP contribution in [0, 0.1) is 18.8 Å². The molecule has 2 atom stereocenters. The summed E-state index contributed by atoms with van der Waals surface area (Å²) in [5.41, 5.74) is 7.63. The third kappa shape index (κ3) is 3.65. The van der Waals surface area contributed by atoms with E-state index in [0.29, 0.717) is 36.1 Å². The minimum Gasteiger partial charge on any atom is -0.390 e. The molecule has 3 rings (SSSR count). The SMILES string of the molecule is Cc1cc(C(=O)N2CC[C@@](C)(O)[C@@H](CC(C)C)C2)cc2sc(N)nc12. The fourth-order valence-corrected chi connectivity index (χ4v) is 4.57. The van der Waals surface area contributed by atoms with Gasteiger partial charge in [-0.1, -0.05) is 25.2 Å². The first-order valence-corrected chi connectivity index (χ1v) is 9.67. The van der Waals surface area contributed by atoms with Crippen LogP contribution in [0.5, 0.6) is 0 Å². The third-order valence-electron chi connectivity index (χ3n) is 5.20. The van der Waals surface area contributed by atoms with Crippen molar-refractivity contribution >= 4 is 32.6 Å². The van der Waals surface area contributed by atoms with Crippen molar-refractivity contribution in [3.8, 4) is 0 Å². The predicted octanol–water partition coefficient (Wildman–Crippen LogP) is 3.45. The van der Waals surface area contributed by atoms with E-state index in [1.807, 2.05) is 30.9 Å². The normalized spacial score (nSPS) is 24.2. The zero-order valence-electron chi connectivity index (χ0n) is 15.4. The number of carbonyl (C=O) groups excluding carboxylic acids is 1. The van der Waals surface area contributed by atoms with Gasteiger partial charge in [-0.25, -0.2) is 4.98 Å². The Morgan fingerprint density at radius 3 is 2.92 bits per heavy atom. The van der Waals surface area contributed by atoms with Gasteiger partial charge in [-0.05, 0) is 50.3 Å². The summed E-state index contributed by atoms with van der Waals surface area (Å²) >= 11 is 1.41. The number of nitrogens with zero attached hydrogens (tertiary/aromatic N) is 2. The van der Waals surface area contributed by atoms with Gasteiger partial charge in [-0.15, -0.1) is 0 Å². The van der Waals surface area contributed by atoms with E-state index in [0.717, 1.165) is 22.2 Å². The Morgan fingerprint density at radius 2 is 2.24 bits per heavy atom. The molecule has 0 aliphatic carbocycles. The smallest absolute Gasteiger partial charge is 0.253 e. The van der Waals surface area contributed by atoms with Crippen LogP contribution in [0.1, 0.15) is 49.5 Å². The molecule has 0 bridgehead atoms. The van der Waals surface area contributed by atoms with Crippen molar-refractivity contribution in [3.63, 3.8) is 0 Å². The Labute approximate surface area is 152 Å². The number of hydrogen-bond acceptors (Lipinski definition) is 5. The van der Waals surface area contributed by atoms with Gasteiger partial charge in [-0.2, -0.15) is 0 Å². The lowest BCUT2D eigenvalue weighted by Gasteiger charge is -2.43. The number of likely N-dealkylation sites (tertiary alicyclic amines) is 1. The molecule has 0 saturated carbocycles. The molecular formula is C19H27N3O2S. The molecule has 2 heterocycles. The lowest BCUT2D eigenvalue weighted by atomic mass is 9.78. The molecule has 0 unspecified atom stereocenters. The average molecular weight is 362 g/mol. The summed E-state index contributed by atoms with van der Waals surface area (Å²) < 4.78 is 0.948. The van der Waals surface area contributed by atoms with Gasteiger partial charge in [-0.3, -0.25) is 4.79 Å². The summed E-state index contributed by atoms with van der Waals surface area (Å²) in [6.45, 7) is 9.36. The molecule has 0 radical (unpaired) electrons. The van der Waals surface area contributed by atoms with E-state index in [1.54, 1.807) is 0 Å². The average Bonchev–Trinajstić information content (AvgIpc) is 2.89. The maximum Gasteiger partial charge on any atom is 0.253 e. The van der Waals surface area contributed by atoms with Crippen LogP contribution in [0.2, 0.25) is 0 Å². The molecule has 1 aliphatic heterocycles. The number of amides is 1. The summed E-state index contributed by atoms with van der Waals surface area (Å²) in [5.74, 6) is 0.626. The van der Waals surface area contributed by atoms with Crippen LogP contribution >= 0.6 is 11.3 Å². The van der Waals surface area contributed by atoms with Gasteiger partial charge in [0.25, 0.3) is 5.91 Å². The molecular weight excluding hydrogens is 334 g/mol. The molecule has 2 aromatic rings. The Bertz CT molecular complexity index is 797. The van der Waals surface area contributed by atoms with Gasteiger partial charge in [0.2, 0.25) is 0 Å². The first-order chi connectivity index (χ1) is 11.7. The van der Waals surface area contributed by atoms with E-state index < -0.39 is 5.60 Å². The Hall–Kier alpha value is -1.66. The summed E-state index contributed by atoms with van der Waals surface area (Å²) in [7, 11) is 0.